The van der Waals surface area contributed by atoms with Crippen molar-refractivity contribution in [1.29, 1.82) is 10.8 Å². The average molecular weight is 318 g/mol. The Morgan fingerprint density at radius 1 is 0.913 bits per heavy atom. The largest absolute Gasteiger partial charge is 0.299 e. The quantitative estimate of drug-likeness (QED) is 0.654. The van der Waals surface area contributed by atoms with Gasteiger partial charge in [-0.3, -0.25) is 10.8 Å². The fraction of sp³-hybridized carbons (Fsp3) is 0. The van der Waals surface area contributed by atoms with E-state index in [1.54, 1.807) is 18.2 Å². The highest BCUT2D eigenvalue weighted by molar-refractivity contribution is 6.54. The lowest BCUT2D eigenvalue weighted by molar-refractivity contribution is 1.36. The van der Waals surface area contributed by atoms with Crippen molar-refractivity contribution in [2.75, 3.05) is 0 Å². The van der Waals surface area contributed by atoms with Gasteiger partial charge in [0.2, 0.25) is 0 Å². The Balaban J connectivity index is 2.16. The highest BCUT2D eigenvalue weighted by Crippen LogP contribution is 2.34. The summed E-state index contributed by atoms with van der Waals surface area (Å²) in [5, 5.41) is 17.8. The molecule has 0 unspecified atom stereocenters. The number of allylic oxidation sites excluding steroid dienone is 1. The monoisotopic (exact) mass is 317 g/mol. The second kappa shape index (κ2) is 5.14. The van der Waals surface area contributed by atoms with Gasteiger partial charge in [-0.1, -0.05) is 48.0 Å². The topological polar surface area (TPSA) is 60.6 Å². The first-order valence-electron chi connectivity index (χ1n) is 7.20. The number of hydrogen-bond acceptors (Lipinski definition) is 3. The number of benzene rings is 2. The SMILES string of the molecule is N=C1C=Cc2c(-c3ccccc3)nc3cc(Cl)ccc3c2C1=N. The van der Waals surface area contributed by atoms with E-state index in [0.29, 0.717) is 5.02 Å². The van der Waals surface area contributed by atoms with Crippen molar-refractivity contribution in [2.24, 2.45) is 0 Å². The molecular formula is C19H12ClN3. The summed E-state index contributed by atoms with van der Waals surface area (Å²) < 4.78 is 0. The Labute approximate surface area is 138 Å². The van der Waals surface area contributed by atoms with Gasteiger partial charge in [0.1, 0.15) is 0 Å². The summed E-state index contributed by atoms with van der Waals surface area (Å²) in [6.07, 6.45) is 3.53. The van der Waals surface area contributed by atoms with E-state index in [0.717, 1.165) is 33.3 Å². The predicted octanol–water partition coefficient (Wildman–Crippen LogP) is 4.97. The van der Waals surface area contributed by atoms with Gasteiger partial charge < -0.3 is 0 Å². The summed E-state index contributed by atoms with van der Waals surface area (Å²) in [6.45, 7) is 0. The second-order valence-corrected chi connectivity index (χ2v) is 5.84. The van der Waals surface area contributed by atoms with Crippen molar-refractivity contribution >= 4 is 40.0 Å². The minimum atomic E-state index is 0.207. The summed E-state index contributed by atoms with van der Waals surface area (Å²) in [6, 6.07) is 15.4. The molecule has 1 aliphatic rings. The van der Waals surface area contributed by atoms with E-state index in [9.17, 15) is 0 Å². The first kappa shape index (κ1) is 13.9. The molecule has 0 spiro atoms. The van der Waals surface area contributed by atoms with Crippen LogP contribution in [0.3, 0.4) is 0 Å². The van der Waals surface area contributed by atoms with Crippen molar-refractivity contribution in [1.82, 2.24) is 4.98 Å². The van der Waals surface area contributed by atoms with Gasteiger partial charge in [-0.2, -0.15) is 0 Å². The molecule has 0 aliphatic heterocycles. The van der Waals surface area contributed by atoms with Crippen LogP contribution in [0.25, 0.3) is 28.2 Å². The second-order valence-electron chi connectivity index (χ2n) is 5.40. The van der Waals surface area contributed by atoms with E-state index in [-0.39, 0.29) is 11.4 Å². The van der Waals surface area contributed by atoms with Crippen LogP contribution in [0, 0.1) is 10.8 Å². The minimum Gasteiger partial charge on any atom is -0.299 e. The Bertz CT molecular complexity index is 1000. The molecule has 3 aromatic rings. The molecule has 4 rings (SSSR count). The van der Waals surface area contributed by atoms with Crippen LogP contribution in [0.15, 0.2) is 54.6 Å². The maximum absolute atomic E-state index is 8.33. The Morgan fingerprint density at radius 3 is 2.48 bits per heavy atom. The third-order valence-electron chi connectivity index (χ3n) is 3.97. The molecule has 1 aromatic heterocycles. The number of rotatable bonds is 1. The fourth-order valence-electron chi connectivity index (χ4n) is 2.89. The van der Waals surface area contributed by atoms with E-state index in [2.05, 4.69) is 0 Å². The molecule has 0 saturated carbocycles. The standard InChI is InChI=1S/C19H12ClN3/c20-12-6-7-13-16(10-12)23-19(11-4-2-1-3-5-11)14-8-9-15(21)18(22)17(13)14/h1-10,21-22H. The molecular weight excluding hydrogens is 306 g/mol. The lowest BCUT2D eigenvalue weighted by Gasteiger charge is -2.19. The van der Waals surface area contributed by atoms with Crippen molar-refractivity contribution in [3.05, 3.63) is 70.8 Å². The molecule has 0 radical (unpaired) electrons. The number of aromatic nitrogens is 1. The first-order chi connectivity index (χ1) is 11.1. The molecule has 1 heterocycles. The van der Waals surface area contributed by atoms with Crippen LogP contribution in [0.2, 0.25) is 5.02 Å². The van der Waals surface area contributed by atoms with E-state index in [1.165, 1.54) is 0 Å². The Kier molecular flexibility index (Phi) is 3.10. The van der Waals surface area contributed by atoms with Crippen molar-refractivity contribution in [3.8, 4) is 11.3 Å². The maximum atomic E-state index is 8.33. The molecule has 1 aliphatic carbocycles. The van der Waals surface area contributed by atoms with Crippen molar-refractivity contribution in [2.45, 2.75) is 0 Å². The number of fused-ring (bicyclic) bond motifs is 3. The fourth-order valence-corrected chi connectivity index (χ4v) is 3.05. The zero-order valence-electron chi connectivity index (χ0n) is 12.1. The molecule has 3 nitrogen and oxygen atoms in total. The van der Waals surface area contributed by atoms with Gasteiger partial charge in [-0.25, -0.2) is 4.98 Å². The molecule has 0 amide bonds. The van der Waals surface area contributed by atoms with E-state index < -0.39 is 0 Å². The third-order valence-corrected chi connectivity index (χ3v) is 4.20. The van der Waals surface area contributed by atoms with Gasteiger partial charge in [0, 0.05) is 27.1 Å². The summed E-state index contributed by atoms with van der Waals surface area (Å²) in [5.74, 6) is 0. The molecule has 0 bridgehead atoms. The highest BCUT2D eigenvalue weighted by Gasteiger charge is 2.22. The number of nitrogens with one attached hydrogen (secondary N) is 2. The zero-order valence-corrected chi connectivity index (χ0v) is 12.9. The Morgan fingerprint density at radius 2 is 1.70 bits per heavy atom. The molecule has 23 heavy (non-hydrogen) atoms. The number of pyridine rings is 1. The van der Waals surface area contributed by atoms with Crippen LogP contribution in [-0.4, -0.2) is 16.4 Å². The maximum Gasteiger partial charge on any atom is 0.0875 e. The van der Waals surface area contributed by atoms with Crippen LogP contribution in [0.5, 0.6) is 0 Å². The average Bonchev–Trinajstić information content (AvgIpc) is 2.57. The van der Waals surface area contributed by atoms with Crippen LogP contribution < -0.4 is 0 Å². The summed E-state index contributed by atoms with van der Waals surface area (Å²) >= 11 is 6.12. The van der Waals surface area contributed by atoms with Gasteiger partial charge >= 0.3 is 0 Å². The van der Waals surface area contributed by atoms with Gasteiger partial charge in [0.05, 0.1) is 22.6 Å². The summed E-state index contributed by atoms with van der Waals surface area (Å²) in [7, 11) is 0. The normalized spacial score (nSPS) is 13.4. The Hall–Kier alpha value is -2.78. The van der Waals surface area contributed by atoms with Gasteiger partial charge in [0.15, 0.2) is 0 Å². The lowest BCUT2D eigenvalue weighted by Crippen LogP contribution is -2.17. The summed E-state index contributed by atoms with van der Waals surface area (Å²) in [4.78, 5) is 4.78. The molecule has 2 aromatic carbocycles. The van der Waals surface area contributed by atoms with Gasteiger partial charge in [-0.15, -0.1) is 0 Å². The molecule has 0 saturated heterocycles. The molecule has 2 N–H and O–H groups in total. The number of halogens is 1. The smallest absolute Gasteiger partial charge is 0.0875 e. The van der Waals surface area contributed by atoms with Gasteiger partial charge in [-0.05, 0) is 24.3 Å². The first-order valence-corrected chi connectivity index (χ1v) is 7.57. The zero-order chi connectivity index (χ0) is 16.0. The minimum absolute atomic E-state index is 0.207. The van der Waals surface area contributed by atoms with Crippen LogP contribution in [0.1, 0.15) is 11.1 Å². The van der Waals surface area contributed by atoms with Crippen molar-refractivity contribution < 1.29 is 0 Å². The van der Waals surface area contributed by atoms with E-state index in [4.69, 9.17) is 27.4 Å². The number of hydrogen-bond donors (Lipinski definition) is 2. The van der Waals surface area contributed by atoms with E-state index in [1.807, 2.05) is 42.5 Å². The van der Waals surface area contributed by atoms with E-state index >= 15 is 0 Å². The molecule has 4 heteroatoms. The van der Waals surface area contributed by atoms with Crippen LogP contribution in [0.4, 0.5) is 0 Å². The summed E-state index contributed by atoms with van der Waals surface area (Å²) in [5.41, 5.74) is 4.58. The van der Waals surface area contributed by atoms with Crippen LogP contribution in [-0.2, 0) is 0 Å². The lowest BCUT2D eigenvalue weighted by atomic mass is 9.88. The number of nitrogens with zero attached hydrogens (tertiary/aromatic N) is 1. The third kappa shape index (κ3) is 2.17. The molecule has 0 atom stereocenters. The van der Waals surface area contributed by atoms with Gasteiger partial charge in [0.25, 0.3) is 0 Å². The van der Waals surface area contributed by atoms with Crippen LogP contribution >= 0.6 is 11.6 Å². The predicted molar refractivity (Wildman–Crippen MR) is 95.8 cm³/mol. The molecule has 0 fully saturated rings. The molecule has 110 valence electrons. The van der Waals surface area contributed by atoms with Crippen molar-refractivity contribution in [3.63, 3.8) is 0 Å². The highest BCUT2D eigenvalue weighted by atomic mass is 35.5.